The third-order valence-corrected chi connectivity index (χ3v) is 5.15. The van der Waals surface area contributed by atoms with Crippen LogP contribution in [0.4, 0.5) is 0 Å². The first-order valence-corrected chi connectivity index (χ1v) is 10.6. The van der Waals surface area contributed by atoms with E-state index in [1.165, 1.54) is 0 Å². The van der Waals surface area contributed by atoms with E-state index in [1.54, 1.807) is 12.1 Å². The quantitative estimate of drug-likeness (QED) is 0.642. The largest absolute Gasteiger partial charge is 0.452 e. The van der Waals surface area contributed by atoms with Crippen LogP contribution in [0.1, 0.15) is 47.3 Å². The van der Waals surface area contributed by atoms with Crippen molar-refractivity contribution in [3.63, 3.8) is 0 Å². The summed E-state index contributed by atoms with van der Waals surface area (Å²) in [5.74, 6) is -0.788. The van der Waals surface area contributed by atoms with Gasteiger partial charge in [-0.25, -0.2) is 4.79 Å². The molecule has 30 heavy (non-hydrogen) atoms. The minimum atomic E-state index is -0.491. The fourth-order valence-corrected chi connectivity index (χ4v) is 3.51. The van der Waals surface area contributed by atoms with Gasteiger partial charge in [-0.2, -0.15) is 0 Å². The number of ether oxygens (including phenoxy) is 2. The lowest BCUT2D eigenvalue weighted by Crippen LogP contribution is -2.35. The molecule has 1 heterocycles. The molecule has 0 saturated carbocycles. The third kappa shape index (κ3) is 6.68. The SMILES string of the molecule is CCC[C@H](NC(=O)COC(=O)c1ccc(CN2CCOCC2)cc1)c1ccccc1. The number of rotatable bonds is 9. The first-order valence-electron chi connectivity index (χ1n) is 10.6. The molecule has 0 spiro atoms. The molecule has 1 aliphatic heterocycles. The molecule has 1 atom stereocenters. The van der Waals surface area contributed by atoms with E-state index in [2.05, 4.69) is 17.1 Å². The normalized spacial score (nSPS) is 15.4. The van der Waals surface area contributed by atoms with E-state index in [1.807, 2.05) is 42.5 Å². The lowest BCUT2D eigenvalue weighted by atomic mass is 10.0. The Balaban J connectivity index is 1.47. The molecule has 0 aliphatic carbocycles. The highest BCUT2D eigenvalue weighted by atomic mass is 16.5. The molecule has 0 radical (unpaired) electrons. The fourth-order valence-electron chi connectivity index (χ4n) is 3.51. The zero-order valence-electron chi connectivity index (χ0n) is 17.5. The summed E-state index contributed by atoms with van der Waals surface area (Å²) >= 11 is 0. The number of hydrogen-bond acceptors (Lipinski definition) is 5. The topological polar surface area (TPSA) is 67.9 Å². The highest BCUT2D eigenvalue weighted by Gasteiger charge is 2.16. The van der Waals surface area contributed by atoms with Crippen LogP contribution in [-0.4, -0.2) is 49.7 Å². The summed E-state index contributed by atoms with van der Waals surface area (Å²) in [6.07, 6.45) is 1.77. The Labute approximate surface area is 178 Å². The Morgan fingerprint density at radius 2 is 1.77 bits per heavy atom. The summed E-state index contributed by atoms with van der Waals surface area (Å²) in [6, 6.07) is 17.1. The summed E-state index contributed by atoms with van der Waals surface area (Å²) in [7, 11) is 0. The third-order valence-electron chi connectivity index (χ3n) is 5.15. The van der Waals surface area contributed by atoms with E-state index in [4.69, 9.17) is 9.47 Å². The molecule has 0 bridgehead atoms. The minimum Gasteiger partial charge on any atom is -0.452 e. The van der Waals surface area contributed by atoms with Crippen molar-refractivity contribution in [1.82, 2.24) is 10.2 Å². The van der Waals surface area contributed by atoms with Crippen molar-refractivity contribution in [2.45, 2.75) is 32.4 Å². The maximum absolute atomic E-state index is 12.3. The van der Waals surface area contributed by atoms with Gasteiger partial charge >= 0.3 is 5.97 Å². The molecule has 1 N–H and O–H groups in total. The zero-order valence-corrected chi connectivity index (χ0v) is 17.5. The molecule has 1 saturated heterocycles. The molecular formula is C24H30N2O4. The number of amides is 1. The molecule has 2 aromatic carbocycles. The highest BCUT2D eigenvalue weighted by molar-refractivity contribution is 5.91. The minimum absolute atomic E-state index is 0.0816. The van der Waals surface area contributed by atoms with Crippen molar-refractivity contribution in [3.05, 3.63) is 71.3 Å². The van der Waals surface area contributed by atoms with Crippen LogP contribution >= 0.6 is 0 Å². The van der Waals surface area contributed by atoms with E-state index in [9.17, 15) is 9.59 Å². The summed E-state index contributed by atoms with van der Waals surface area (Å²) in [5, 5.41) is 2.96. The second kappa shape index (κ2) is 11.5. The van der Waals surface area contributed by atoms with Crippen LogP contribution in [0.2, 0.25) is 0 Å². The maximum atomic E-state index is 12.3. The van der Waals surface area contributed by atoms with Gasteiger partial charge in [0.15, 0.2) is 6.61 Å². The lowest BCUT2D eigenvalue weighted by Gasteiger charge is -2.26. The number of nitrogens with one attached hydrogen (secondary N) is 1. The maximum Gasteiger partial charge on any atom is 0.338 e. The van der Waals surface area contributed by atoms with E-state index < -0.39 is 5.97 Å². The molecule has 3 rings (SSSR count). The second-order valence-electron chi connectivity index (χ2n) is 7.48. The van der Waals surface area contributed by atoms with Crippen LogP contribution in [0.25, 0.3) is 0 Å². The standard InChI is InChI=1S/C24H30N2O4/c1-2-6-22(20-7-4-3-5-8-20)25-23(27)18-30-24(28)21-11-9-19(10-12-21)17-26-13-15-29-16-14-26/h3-5,7-12,22H,2,6,13-18H2,1H3,(H,25,27)/t22-/m0/s1. The van der Waals surface area contributed by atoms with Crippen LogP contribution in [0.5, 0.6) is 0 Å². The monoisotopic (exact) mass is 410 g/mol. The van der Waals surface area contributed by atoms with Crippen LogP contribution in [0, 0.1) is 0 Å². The van der Waals surface area contributed by atoms with Crippen molar-refractivity contribution in [3.8, 4) is 0 Å². The van der Waals surface area contributed by atoms with Gasteiger partial charge in [0.25, 0.3) is 5.91 Å². The number of benzene rings is 2. The van der Waals surface area contributed by atoms with Crippen molar-refractivity contribution in [2.75, 3.05) is 32.9 Å². The number of carbonyl (C=O) groups excluding carboxylic acids is 2. The zero-order chi connectivity index (χ0) is 21.2. The number of hydrogen-bond donors (Lipinski definition) is 1. The van der Waals surface area contributed by atoms with Crippen molar-refractivity contribution in [1.29, 1.82) is 0 Å². The molecule has 160 valence electrons. The van der Waals surface area contributed by atoms with E-state index in [-0.39, 0.29) is 18.6 Å². The van der Waals surface area contributed by atoms with Gasteiger partial charge in [0.2, 0.25) is 0 Å². The molecule has 1 amide bonds. The van der Waals surface area contributed by atoms with Gasteiger partial charge < -0.3 is 14.8 Å². The first kappa shape index (κ1) is 22.0. The molecule has 6 heteroatoms. The Kier molecular flexibility index (Phi) is 8.41. The summed E-state index contributed by atoms with van der Waals surface area (Å²) in [4.78, 5) is 26.9. The van der Waals surface area contributed by atoms with Crippen LogP contribution in [0.3, 0.4) is 0 Å². The van der Waals surface area contributed by atoms with E-state index in [0.717, 1.165) is 56.8 Å². The van der Waals surface area contributed by atoms with Gasteiger partial charge in [0.05, 0.1) is 24.8 Å². The van der Waals surface area contributed by atoms with Crippen molar-refractivity contribution >= 4 is 11.9 Å². The lowest BCUT2D eigenvalue weighted by molar-refractivity contribution is -0.125. The second-order valence-corrected chi connectivity index (χ2v) is 7.48. The molecule has 6 nitrogen and oxygen atoms in total. The predicted octanol–water partition coefficient (Wildman–Crippen LogP) is 3.33. The molecule has 1 aliphatic rings. The smallest absolute Gasteiger partial charge is 0.338 e. The Morgan fingerprint density at radius 3 is 2.43 bits per heavy atom. The van der Waals surface area contributed by atoms with Gasteiger partial charge in [-0.15, -0.1) is 0 Å². The molecule has 0 aromatic heterocycles. The summed E-state index contributed by atoms with van der Waals surface area (Å²) < 4.78 is 10.6. The van der Waals surface area contributed by atoms with Gasteiger partial charge in [-0.1, -0.05) is 55.8 Å². The number of morpholine rings is 1. The molecule has 2 aromatic rings. The van der Waals surface area contributed by atoms with Crippen molar-refractivity contribution in [2.24, 2.45) is 0 Å². The number of nitrogens with zero attached hydrogens (tertiary/aromatic N) is 1. The van der Waals surface area contributed by atoms with Crippen LogP contribution < -0.4 is 5.32 Å². The van der Waals surface area contributed by atoms with E-state index >= 15 is 0 Å². The summed E-state index contributed by atoms with van der Waals surface area (Å²) in [6.45, 7) is 5.97. The van der Waals surface area contributed by atoms with Crippen LogP contribution in [-0.2, 0) is 20.8 Å². The fraction of sp³-hybridized carbons (Fsp3) is 0.417. The first-order chi connectivity index (χ1) is 14.7. The Morgan fingerprint density at radius 1 is 1.07 bits per heavy atom. The van der Waals surface area contributed by atoms with Gasteiger partial charge in [0.1, 0.15) is 0 Å². The summed E-state index contributed by atoms with van der Waals surface area (Å²) in [5.41, 5.74) is 2.63. The Hall–Kier alpha value is -2.70. The molecule has 0 unspecified atom stereocenters. The average molecular weight is 411 g/mol. The predicted molar refractivity (Wildman–Crippen MR) is 115 cm³/mol. The van der Waals surface area contributed by atoms with Crippen LogP contribution in [0.15, 0.2) is 54.6 Å². The molecular weight excluding hydrogens is 380 g/mol. The molecule has 1 fully saturated rings. The van der Waals surface area contributed by atoms with Gasteiger partial charge in [-0.05, 0) is 29.7 Å². The van der Waals surface area contributed by atoms with Gasteiger partial charge in [-0.3, -0.25) is 9.69 Å². The van der Waals surface area contributed by atoms with Crippen molar-refractivity contribution < 1.29 is 19.1 Å². The Bertz CT molecular complexity index is 802. The average Bonchev–Trinajstić information content (AvgIpc) is 2.79. The number of carbonyl (C=O) groups is 2. The highest BCUT2D eigenvalue weighted by Crippen LogP contribution is 2.18. The number of esters is 1. The van der Waals surface area contributed by atoms with Gasteiger partial charge in [0, 0.05) is 19.6 Å². The van der Waals surface area contributed by atoms with E-state index in [0.29, 0.717) is 5.56 Å².